The normalized spacial score (nSPS) is 11.0. The molecule has 4 aromatic rings. The Bertz CT molecular complexity index is 2110. The van der Waals surface area contributed by atoms with Crippen LogP contribution in [0, 0.1) is 0 Å². The summed E-state index contributed by atoms with van der Waals surface area (Å²) in [5.74, 6) is 4.83. The average Bonchev–Trinajstić information content (AvgIpc) is 0.863. The molecule has 0 spiro atoms. The van der Waals surface area contributed by atoms with Gasteiger partial charge in [-0.15, -0.1) is 0 Å². The zero-order valence-corrected chi connectivity index (χ0v) is 65.9. The van der Waals surface area contributed by atoms with Crippen LogP contribution in [0.5, 0.6) is 34.5 Å². The molecule has 0 radical (unpaired) electrons. The van der Waals surface area contributed by atoms with E-state index in [1.165, 1.54) is 270 Å². The zero-order chi connectivity index (χ0) is 66.9. The summed E-state index contributed by atoms with van der Waals surface area (Å²) in [5.41, 5.74) is 4.38. The summed E-state index contributed by atoms with van der Waals surface area (Å²) >= 11 is 0. The van der Waals surface area contributed by atoms with Gasteiger partial charge in [-0.1, -0.05) is 336 Å². The van der Waals surface area contributed by atoms with Crippen molar-refractivity contribution < 1.29 is 73.7 Å². The van der Waals surface area contributed by atoms with Crippen LogP contribution >= 0.6 is 0 Å². The van der Waals surface area contributed by atoms with Crippen molar-refractivity contribution in [1.82, 2.24) is 9.97 Å². The second-order valence-electron chi connectivity index (χ2n) is 26.9. The molecular weight excluding hydrogens is 1330 g/mol. The molecule has 2 aromatic heterocycles. The third kappa shape index (κ3) is 52.0. The third-order valence-corrected chi connectivity index (χ3v) is 17.9. The number of ether oxygens (including phenoxy) is 6. The molecule has 0 bridgehead atoms. The van der Waals surface area contributed by atoms with Crippen molar-refractivity contribution in [2.75, 3.05) is 39.6 Å². The Morgan fingerprint density at radius 2 is 0.392 bits per heavy atom. The molecule has 558 valence electrons. The molecule has 0 aliphatic carbocycles. The molecule has 0 atom stereocenters. The maximum atomic E-state index is 6.52. The van der Waals surface area contributed by atoms with Gasteiger partial charge in [-0.2, -0.15) is 0 Å². The number of aromatic nitrogens is 2. The number of rotatable bonds is 64. The molecule has 0 aliphatic rings. The van der Waals surface area contributed by atoms with Crippen LogP contribution in [0.15, 0.2) is 73.3 Å². The van der Waals surface area contributed by atoms with Crippen LogP contribution in [0.2, 0.25) is 0 Å². The summed E-state index contributed by atoms with van der Waals surface area (Å²) in [6, 6.07) is 16.6. The summed E-state index contributed by atoms with van der Waals surface area (Å²) in [4.78, 5) is 8.32. The van der Waals surface area contributed by atoms with E-state index in [2.05, 4.69) is 100 Å². The summed E-state index contributed by atoms with van der Waals surface area (Å²) < 4.78 is 39.0. The monoisotopic (exact) mass is 1470 g/mol. The van der Waals surface area contributed by atoms with Gasteiger partial charge in [0.1, 0.15) is 0 Å². The Balaban J connectivity index is 0.00000184. The molecule has 0 N–H and O–H groups in total. The standard InChI is InChI=1S/2C43H71NO3.2ClH.Pd/c2*1-4-7-10-13-16-19-22-25-34-45-41-37-40(29-28-39-30-32-44-33-31-39)38-42(46-35-26-23-20-17-14-11-8-5-2)43(41)47-36-27-24-21-18-15-12-9-6-3;;;/h2*28-33,37-38H,4-27,34-36H2,1-3H3;2*1H;/p-2/b2*29-28+;;;. The molecule has 11 heteroatoms. The topological polar surface area (TPSA) is 81.2 Å². The van der Waals surface area contributed by atoms with Gasteiger partial charge in [-0.25, -0.2) is 0 Å². The van der Waals surface area contributed by atoms with Crippen LogP contribution in [-0.2, 0) is 20.4 Å². The Kier molecular flexibility index (Phi) is 68.0. The molecule has 0 aliphatic heterocycles. The van der Waals surface area contributed by atoms with Gasteiger partial charge in [0.2, 0.25) is 11.5 Å². The summed E-state index contributed by atoms with van der Waals surface area (Å²) in [6.45, 7) is 17.9. The fourth-order valence-electron chi connectivity index (χ4n) is 11.9. The van der Waals surface area contributed by atoms with Gasteiger partial charge in [0.25, 0.3) is 0 Å². The van der Waals surface area contributed by atoms with E-state index < -0.39 is 0 Å². The maximum absolute atomic E-state index is 6.52. The fraction of sp³-hybridized carbons (Fsp3) is 0.698. The third-order valence-electron chi connectivity index (χ3n) is 17.9. The zero-order valence-electron chi connectivity index (χ0n) is 62.8. The summed E-state index contributed by atoms with van der Waals surface area (Å²) in [6.07, 6.45) is 77.6. The first kappa shape index (κ1) is 93.3. The van der Waals surface area contributed by atoms with E-state index in [1.807, 2.05) is 49.1 Å². The van der Waals surface area contributed by atoms with Crippen molar-refractivity contribution in [3.63, 3.8) is 0 Å². The van der Waals surface area contributed by atoms with Crippen LogP contribution in [0.1, 0.15) is 372 Å². The van der Waals surface area contributed by atoms with E-state index in [1.54, 1.807) is 0 Å². The minimum absolute atomic E-state index is 0. The second kappa shape index (κ2) is 70.7. The van der Waals surface area contributed by atoms with E-state index in [9.17, 15) is 0 Å². The fourth-order valence-corrected chi connectivity index (χ4v) is 11.9. The molecule has 0 amide bonds. The molecule has 8 nitrogen and oxygen atoms in total. The number of halogens is 2. The van der Waals surface area contributed by atoms with Gasteiger partial charge in [0, 0.05) is 45.2 Å². The van der Waals surface area contributed by atoms with Gasteiger partial charge in [-0.05, 0) is 109 Å². The van der Waals surface area contributed by atoms with Crippen LogP contribution in [-0.4, -0.2) is 49.6 Å². The first-order chi connectivity index (χ1) is 46.6. The van der Waals surface area contributed by atoms with E-state index in [4.69, 9.17) is 28.4 Å². The first-order valence-electron chi connectivity index (χ1n) is 39.9. The minimum atomic E-state index is 0. The predicted molar refractivity (Wildman–Crippen MR) is 408 cm³/mol. The molecule has 4 rings (SSSR count). The van der Waals surface area contributed by atoms with Crippen molar-refractivity contribution in [3.05, 3.63) is 95.6 Å². The molecule has 0 unspecified atom stereocenters. The molecule has 0 saturated carbocycles. The van der Waals surface area contributed by atoms with E-state index in [0.717, 1.165) is 95.3 Å². The maximum Gasteiger partial charge on any atom is 0.203 e. The van der Waals surface area contributed by atoms with Crippen LogP contribution in [0.4, 0.5) is 0 Å². The minimum Gasteiger partial charge on any atom is -1.00 e. The largest absolute Gasteiger partial charge is 1.00 e. The Hall–Kier alpha value is -3.74. The molecule has 0 fully saturated rings. The van der Waals surface area contributed by atoms with Crippen molar-refractivity contribution in [3.8, 4) is 34.5 Å². The van der Waals surface area contributed by atoms with Crippen molar-refractivity contribution in [2.45, 2.75) is 350 Å². The van der Waals surface area contributed by atoms with Gasteiger partial charge in [-0.3, -0.25) is 9.97 Å². The van der Waals surface area contributed by atoms with Crippen LogP contribution in [0.25, 0.3) is 24.3 Å². The summed E-state index contributed by atoms with van der Waals surface area (Å²) in [7, 11) is 0. The molecular formula is C86H142Cl2N2O6Pd-2. The van der Waals surface area contributed by atoms with Crippen molar-refractivity contribution in [2.24, 2.45) is 0 Å². The number of unbranched alkanes of at least 4 members (excludes halogenated alkanes) is 42. The van der Waals surface area contributed by atoms with Crippen molar-refractivity contribution in [1.29, 1.82) is 0 Å². The van der Waals surface area contributed by atoms with Crippen molar-refractivity contribution >= 4 is 24.3 Å². The van der Waals surface area contributed by atoms with E-state index in [-0.39, 0.29) is 45.2 Å². The predicted octanol–water partition coefficient (Wildman–Crippen LogP) is 21.6. The Morgan fingerprint density at radius 3 is 0.588 bits per heavy atom. The molecule has 97 heavy (non-hydrogen) atoms. The number of hydrogen-bond acceptors (Lipinski definition) is 8. The SMILES string of the molecule is CCCCCCCCCCOc1cc(/C=C/c2ccncc2)cc(OCCCCCCCCCC)c1OCCCCCCCCCC.CCCCCCCCCCOc1cc(/C=C/c2ccncc2)cc(OCCCCCCCCCC)c1OCCCCCCCCCC.[Cl-].[Cl-].[Pd]. The Morgan fingerprint density at radius 1 is 0.227 bits per heavy atom. The number of pyridine rings is 2. The van der Waals surface area contributed by atoms with Gasteiger partial charge >= 0.3 is 0 Å². The van der Waals surface area contributed by atoms with Crippen LogP contribution in [0.3, 0.4) is 0 Å². The number of hydrogen-bond donors (Lipinski definition) is 0. The van der Waals surface area contributed by atoms with Gasteiger partial charge < -0.3 is 53.2 Å². The second-order valence-corrected chi connectivity index (χ2v) is 26.9. The number of benzene rings is 2. The molecule has 2 heterocycles. The van der Waals surface area contributed by atoms with E-state index >= 15 is 0 Å². The quantitative estimate of drug-likeness (QED) is 0.0319. The van der Waals surface area contributed by atoms with Gasteiger partial charge in [0.15, 0.2) is 23.0 Å². The summed E-state index contributed by atoms with van der Waals surface area (Å²) in [5, 5.41) is 0. The molecule has 2 aromatic carbocycles. The smallest absolute Gasteiger partial charge is 0.203 e. The van der Waals surface area contributed by atoms with Crippen LogP contribution < -0.4 is 53.2 Å². The Labute approximate surface area is 623 Å². The molecule has 0 saturated heterocycles. The average molecular weight is 1480 g/mol. The number of nitrogens with zero attached hydrogens (tertiary/aromatic N) is 2. The van der Waals surface area contributed by atoms with Gasteiger partial charge in [0.05, 0.1) is 39.6 Å². The first-order valence-corrected chi connectivity index (χ1v) is 39.9. The van der Waals surface area contributed by atoms with E-state index in [0.29, 0.717) is 39.6 Å².